The minimum atomic E-state index is 0.164. The Labute approximate surface area is 179 Å². The molecule has 3 aromatic rings. The third kappa shape index (κ3) is 4.87. The zero-order chi connectivity index (χ0) is 21.7. The van der Waals surface area contributed by atoms with Crippen molar-refractivity contribution in [1.29, 1.82) is 5.41 Å². The first-order valence-electron chi connectivity index (χ1n) is 8.92. The molecule has 1 heterocycles. The summed E-state index contributed by atoms with van der Waals surface area (Å²) in [6, 6.07) is 12.6. The predicted octanol–water partition coefficient (Wildman–Crippen LogP) is 3.79. The van der Waals surface area contributed by atoms with Crippen LogP contribution in [0.3, 0.4) is 0 Å². The van der Waals surface area contributed by atoms with E-state index in [1.165, 1.54) is 6.33 Å². The molecule has 0 aliphatic heterocycles. The summed E-state index contributed by atoms with van der Waals surface area (Å²) in [7, 11) is 6.64. The molecule has 0 aliphatic carbocycles. The van der Waals surface area contributed by atoms with E-state index in [0.29, 0.717) is 34.1 Å². The minimum Gasteiger partial charge on any atom is -0.497 e. The van der Waals surface area contributed by atoms with E-state index in [4.69, 9.17) is 26.5 Å². The average Bonchev–Trinajstić information content (AvgIpc) is 2.77. The fourth-order valence-electron chi connectivity index (χ4n) is 2.64. The van der Waals surface area contributed by atoms with Crippen LogP contribution in [-0.4, -0.2) is 49.2 Å². The molecule has 0 radical (unpaired) electrons. The number of guanidine groups is 1. The molecule has 0 fully saturated rings. The van der Waals surface area contributed by atoms with E-state index in [0.717, 1.165) is 5.69 Å². The number of ether oxygens (including phenoxy) is 2. The van der Waals surface area contributed by atoms with Crippen LogP contribution in [0, 0.1) is 5.41 Å². The van der Waals surface area contributed by atoms with E-state index in [1.807, 2.05) is 12.1 Å². The highest BCUT2D eigenvalue weighted by molar-refractivity contribution is 6.31. The van der Waals surface area contributed by atoms with Crippen molar-refractivity contribution >= 4 is 40.8 Å². The van der Waals surface area contributed by atoms with Crippen molar-refractivity contribution in [3.8, 4) is 11.5 Å². The van der Waals surface area contributed by atoms with Crippen molar-refractivity contribution < 1.29 is 9.47 Å². The molecule has 0 amide bonds. The summed E-state index contributed by atoms with van der Waals surface area (Å²) in [6.45, 7) is 0. The maximum absolute atomic E-state index is 8.50. The fourth-order valence-corrected chi connectivity index (χ4v) is 2.83. The molecule has 2 aromatic carbocycles. The summed E-state index contributed by atoms with van der Waals surface area (Å²) >= 11 is 6.06. The van der Waals surface area contributed by atoms with Gasteiger partial charge in [0.1, 0.15) is 17.8 Å². The number of aromatic nitrogens is 3. The van der Waals surface area contributed by atoms with E-state index < -0.39 is 0 Å². The maximum Gasteiger partial charge on any atom is 0.236 e. The fraction of sp³-hybridized carbons (Fsp3) is 0.200. The van der Waals surface area contributed by atoms with Crippen LogP contribution in [-0.2, 0) is 0 Å². The van der Waals surface area contributed by atoms with Gasteiger partial charge in [-0.1, -0.05) is 17.7 Å². The molecular formula is C20H22ClN7O2. The number of methoxy groups -OCH3 is 2. The Morgan fingerprint density at radius 2 is 1.70 bits per heavy atom. The Morgan fingerprint density at radius 1 is 1.00 bits per heavy atom. The molecule has 0 spiro atoms. The lowest BCUT2D eigenvalue weighted by Gasteiger charge is -2.26. The average molecular weight is 428 g/mol. The molecule has 0 aliphatic rings. The van der Waals surface area contributed by atoms with Crippen LogP contribution >= 0.6 is 11.6 Å². The van der Waals surface area contributed by atoms with Gasteiger partial charge in [0.05, 0.1) is 14.2 Å². The molecule has 0 saturated carbocycles. The van der Waals surface area contributed by atoms with Gasteiger partial charge in [-0.05, 0) is 18.2 Å². The topological polar surface area (TPSA) is 99.5 Å². The summed E-state index contributed by atoms with van der Waals surface area (Å²) < 4.78 is 10.6. The van der Waals surface area contributed by atoms with Gasteiger partial charge in [-0.3, -0.25) is 10.3 Å². The van der Waals surface area contributed by atoms with E-state index in [1.54, 1.807) is 68.4 Å². The summed E-state index contributed by atoms with van der Waals surface area (Å²) in [5.74, 6) is 2.06. The van der Waals surface area contributed by atoms with Crippen LogP contribution in [0.15, 0.2) is 48.8 Å². The highest BCUT2D eigenvalue weighted by atomic mass is 35.5. The Kier molecular flexibility index (Phi) is 6.53. The molecule has 2 N–H and O–H groups in total. The second-order valence-electron chi connectivity index (χ2n) is 6.26. The molecule has 3 rings (SSSR count). The third-order valence-electron chi connectivity index (χ3n) is 4.30. The van der Waals surface area contributed by atoms with E-state index >= 15 is 0 Å². The first-order chi connectivity index (χ1) is 14.4. The second kappa shape index (κ2) is 9.27. The minimum absolute atomic E-state index is 0.164. The standard InChI is InChI=1S/C20H22ClN7O2/c1-27(15-7-5-6-13(21)8-15)18(22)28(2)20-24-12-23-19(26-20)25-14-9-16(29-3)11-17(10-14)30-4/h5-12,22H,1-4H3,(H,23,24,25,26). The quantitative estimate of drug-likeness (QED) is 0.452. The lowest BCUT2D eigenvalue weighted by atomic mass is 10.3. The normalized spacial score (nSPS) is 10.3. The van der Waals surface area contributed by atoms with Crippen LogP contribution in [0.1, 0.15) is 0 Å². The van der Waals surface area contributed by atoms with Crippen LogP contribution in [0.4, 0.5) is 23.3 Å². The summed E-state index contributed by atoms with van der Waals surface area (Å²) in [4.78, 5) is 16.0. The lowest BCUT2D eigenvalue weighted by molar-refractivity contribution is 0.395. The molecule has 0 unspecified atom stereocenters. The largest absolute Gasteiger partial charge is 0.497 e. The molecule has 9 nitrogen and oxygen atoms in total. The van der Waals surface area contributed by atoms with Gasteiger partial charge in [-0.25, -0.2) is 9.97 Å². The third-order valence-corrected chi connectivity index (χ3v) is 4.53. The highest BCUT2D eigenvalue weighted by Gasteiger charge is 2.17. The van der Waals surface area contributed by atoms with Gasteiger partial charge >= 0.3 is 0 Å². The number of halogens is 1. The van der Waals surface area contributed by atoms with Gasteiger partial charge in [0, 0.05) is 48.7 Å². The van der Waals surface area contributed by atoms with Gasteiger partial charge in [0.2, 0.25) is 17.9 Å². The van der Waals surface area contributed by atoms with Gasteiger partial charge in [-0.2, -0.15) is 4.98 Å². The SMILES string of the molecule is COc1cc(Nc2ncnc(N(C)C(=N)N(C)c3cccc(Cl)c3)n2)cc(OC)c1. The summed E-state index contributed by atoms with van der Waals surface area (Å²) in [6.07, 6.45) is 1.38. The van der Waals surface area contributed by atoms with E-state index in [-0.39, 0.29) is 5.96 Å². The molecular weight excluding hydrogens is 406 g/mol. The second-order valence-corrected chi connectivity index (χ2v) is 6.69. The van der Waals surface area contributed by atoms with Crippen LogP contribution in [0.2, 0.25) is 5.02 Å². The summed E-state index contributed by atoms with van der Waals surface area (Å²) in [5, 5.41) is 12.2. The summed E-state index contributed by atoms with van der Waals surface area (Å²) in [5.41, 5.74) is 1.47. The smallest absolute Gasteiger partial charge is 0.236 e. The van der Waals surface area contributed by atoms with Crippen molar-refractivity contribution in [3.05, 3.63) is 53.8 Å². The van der Waals surface area contributed by atoms with E-state index in [2.05, 4.69) is 20.3 Å². The lowest BCUT2D eigenvalue weighted by Crippen LogP contribution is -2.40. The zero-order valence-corrected chi connectivity index (χ0v) is 17.8. The zero-order valence-electron chi connectivity index (χ0n) is 17.0. The monoisotopic (exact) mass is 427 g/mol. The van der Waals surface area contributed by atoms with Crippen molar-refractivity contribution in [2.45, 2.75) is 0 Å². The van der Waals surface area contributed by atoms with Crippen molar-refractivity contribution in [1.82, 2.24) is 15.0 Å². The predicted molar refractivity (Wildman–Crippen MR) is 119 cm³/mol. The molecule has 156 valence electrons. The number of anilines is 4. The van der Waals surface area contributed by atoms with E-state index in [9.17, 15) is 0 Å². The van der Waals surface area contributed by atoms with Gasteiger partial charge in [-0.15, -0.1) is 0 Å². The number of nitrogens with zero attached hydrogens (tertiary/aromatic N) is 5. The number of hydrogen-bond acceptors (Lipinski definition) is 7. The Bertz CT molecular complexity index is 1020. The Morgan fingerprint density at radius 3 is 2.33 bits per heavy atom. The van der Waals surface area contributed by atoms with Crippen LogP contribution in [0.25, 0.3) is 0 Å². The van der Waals surface area contributed by atoms with Gasteiger partial charge < -0.3 is 19.7 Å². The number of rotatable bonds is 6. The van der Waals surface area contributed by atoms with Crippen molar-refractivity contribution in [2.75, 3.05) is 43.4 Å². The molecule has 0 bridgehead atoms. The van der Waals surface area contributed by atoms with Crippen LogP contribution in [0.5, 0.6) is 11.5 Å². The molecule has 0 saturated heterocycles. The molecule has 10 heteroatoms. The Balaban J connectivity index is 1.80. The number of hydrogen-bond donors (Lipinski definition) is 2. The molecule has 1 aromatic heterocycles. The van der Waals surface area contributed by atoms with Gasteiger partial charge in [0.15, 0.2) is 0 Å². The number of benzene rings is 2. The van der Waals surface area contributed by atoms with Crippen LogP contribution < -0.4 is 24.6 Å². The first-order valence-corrected chi connectivity index (χ1v) is 9.29. The first kappa shape index (κ1) is 21.1. The van der Waals surface area contributed by atoms with Crippen molar-refractivity contribution in [3.63, 3.8) is 0 Å². The molecule has 0 atom stereocenters. The van der Waals surface area contributed by atoms with Crippen molar-refractivity contribution in [2.24, 2.45) is 0 Å². The van der Waals surface area contributed by atoms with Gasteiger partial charge in [0.25, 0.3) is 0 Å². The Hall–Kier alpha value is -3.59. The maximum atomic E-state index is 8.50. The number of nitrogens with one attached hydrogen (secondary N) is 2. The molecule has 30 heavy (non-hydrogen) atoms. The highest BCUT2D eigenvalue weighted by Crippen LogP contribution is 2.27.